The monoisotopic (exact) mass is 392 g/mol. The Morgan fingerprint density at radius 3 is 2.41 bits per heavy atom. The summed E-state index contributed by atoms with van der Waals surface area (Å²) in [7, 11) is 0. The van der Waals surface area contributed by atoms with Gasteiger partial charge in [-0.25, -0.2) is 13.8 Å². The fourth-order valence-corrected chi connectivity index (χ4v) is 4.12. The fraction of sp³-hybridized carbons (Fsp3) is 0.688. The minimum Gasteiger partial charge on any atom is -0.481 e. The first kappa shape index (κ1) is 18.2. The second kappa shape index (κ2) is 6.16. The maximum atomic E-state index is 13.2. The third kappa shape index (κ3) is 3.27. The lowest BCUT2D eigenvalue weighted by atomic mass is 10.1. The van der Waals surface area contributed by atoms with Crippen LogP contribution >= 0.6 is 0 Å². The van der Waals surface area contributed by atoms with Crippen LogP contribution in [0.1, 0.15) is 18.5 Å². The maximum absolute atomic E-state index is 13.2. The summed E-state index contributed by atoms with van der Waals surface area (Å²) in [4.78, 5) is 21.2. The first-order chi connectivity index (χ1) is 12.6. The molecule has 4 atom stereocenters. The number of carboxylic acids is 1. The summed E-state index contributed by atoms with van der Waals surface area (Å²) < 4.78 is 65.6. The number of halogens is 5. The van der Waals surface area contributed by atoms with Gasteiger partial charge in [-0.1, -0.05) is 0 Å². The molecule has 27 heavy (non-hydrogen) atoms. The Balaban J connectivity index is 1.57. The van der Waals surface area contributed by atoms with Crippen LogP contribution in [0.3, 0.4) is 0 Å². The molecule has 11 heteroatoms. The van der Waals surface area contributed by atoms with E-state index in [0.717, 1.165) is 11.0 Å². The number of rotatable bonds is 5. The second-order valence-corrected chi connectivity index (χ2v) is 7.29. The van der Waals surface area contributed by atoms with Gasteiger partial charge in [-0.3, -0.25) is 4.79 Å². The highest BCUT2D eigenvalue weighted by Gasteiger charge is 2.56. The normalized spacial score (nSPS) is 29.7. The van der Waals surface area contributed by atoms with Crippen LogP contribution < -0.4 is 9.80 Å². The summed E-state index contributed by atoms with van der Waals surface area (Å²) in [5.74, 6) is -0.896. The van der Waals surface area contributed by atoms with Gasteiger partial charge in [-0.15, -0.1) is 0 Å². The van der Waals surface area contributed by atoms with Crippen LogP contribution in [0.25, 0.3) is 0 Å². The van der Waals surface area contributed by atoms with E-state index < -0.39 is 30.3 Å². The number of aromatic nitrogens is 2. The van der Waals surface area contributed by atoms with E-state index in [0.29, 0.717) is 13.1 Å². The molecule has 0 aromatic carbocycles. The van der Waals surface area contributed by atoms with Crippen molar-refractivity contribution < 1.29 is 31.9 Å². The number of carboxylic acid groups (broad SMARTS) is 1. The summed E-state index contributed by atoms with van der Waals surface area (Å²) in [6.07, 6.45) is -7.17. The van der Waals surface area contributed by atoms with Crippen molar-refractivity contribution in [2.24, 2.45) is 17.8 Å². The molecule has 0 radical (unpaired) electrons. The number of piperidine rings is 1. The average molecular weight is 392 g/mol. The van der Waals surface area contributed by atoms with Crippen molar-refractivity contribution in [3.05, 3.63) is 11.8 Å². The lowest BCUT2D eigenvalue weighted by molar-refractivity contribution is -0.141. The van der Waals surface area contributed by atoms with Crippen LogP contribution in [0.15, 0.2) is 6.07 Å². The number of anilines is 2. The Hall–Kier alpha value is -2.20. The molecule has 1 N–H and O–H groups in total. The molecule has 2 saturated heterocycles. The highest BCUT2D eigenvalue weighted by molar-refractivity contribution is 5.68. The van der Waals surface area contributed by atoms with E-state index in [1.54, 1.807) is 4.90 Å². The zero-order valence-corrected chi connectivity index (χ0v) is 14.0. The first-order valence-electron chi connectivity index (χ1n) is 8.63. The van der Waals surface area contributed by atoms with Gasteiger partial charge in [0.15, 0.2) is 5.69 Å². The van der Waals surface area contributed by atoms with Crippen LogP contribution in [0.4, 0.5) is 33.7 Å². The number of nitrogens with zero attached hydrogens (tertiary/aromatic N) is 4. The molecule has 3 fully saturated rings. The number of hydrogen-bond donors (Lipinski definition) is 1. The van der Waals surface area contributed by atoms with Gasteiger partial charge in [0.25, 0.3) is 6.43 Å². The number of alkyl halides is 5. The molecule has 148 valence electrons. The summed E-state index contributed by atoms with van der Waals surface area (Å²) in [5, 5.41) is 8.86. The number of aliphatic carboxylic acids is 1. The van der Waals surface area contributed by atoms with Gasteiger partial charge in [0.05, 0.1) is 6.04 Å². The minimum absolute atomic E-state index is 0.0424. The topological polar surface area (TPSA) is 69.6 Å². The van der Waals surface area contributed by atoms with Crippen LogP contribution in [-0.2, 0) is 11.0 Å². The zero-order valence-electron chi connectivity index (χ0n) is 14.0. The third-order valence-corrected chi connectivity index (χ3v) is 5.71. The Bertz CT molecular complexity index is 747. The van der Waals surface area contributed by atoms with Crippen molar-refractivity contribution in [2.45, 2.75) is 31.5 Å². The molecule has 2 unspecified atom stereocenters. The van der Waals surface area contributed by atoms with Crippen molar-refractivity contribution in [1.82, 2.24) is 9.97 Å². The molecular weight excluding hydrogens is 375 g/mol. The molecule has 0 amide bonds. The quantitative estimate of drug-likeness (QED) is 0.777. The first-order valence-corrected chi connectivity index (χ1v) is 8.63. The molecule has 6 nitrogen and oxygen atoms in total. The van der Waals surface area contributed by atoms with E-state index >= 15 is 0 Å². The molecule has 2 aliphatic heterocycles. The molecule has 0 bridgehead atoms. The van der Waals surface area contributed by atoms with Gasteiger partial charge in [0.2, 0.25) is 5.95 Å². The van der Waals surface area contributed by atoms with Gasteiger partial charge >= 0.3 is 12.1 Å². The van der Waals surface area contributed by atoms with Crippen molar-refractivity contribution in [3.8, 4) is 0 Å². The van der Waals surface area contributed by atoms with E-state index in [1.807, 2.05) is 0 Å². The Morgan fingerprint density at radius 1 is 1.26 bits per heavy atom. The fourth-order valence-electron chi connectivity index (χ4n) is 4.12. The highest BCUT2D eigenvalue weighted by atomic mass is 19.4. The summed E-state index contributed by atoms with van der Waals surface area (Å²) in [6, 6.07) is -0.342. The van der Waals surface area contributed by atoms with Gasteiger partial charge in [0.1, 0.15) is 5.82 Å². The van der Waals surface area contributed by atoms with Crippen LogP contribution in [0.2, 0.25) is 0 Å². The van der Waals surface area contributed by atoms with Gasteiger partial charge < -0.3 is 14.9 Å². The predicted molar refractivity (Wildman–Crippen MR) is 83.7 cm³/mol. The van der Waals surface area contributed by atoms with Crippen molar-refractivity contribution in [3.63, 3.8) is 0 Å². The molecular formula is C16H17F5N4O2. The second-order valence-electron chi connectivity index (χ2n) is 7.29. The Kier molecular flexibility index (Phi) is 4.15. The summed E-state index contributed by atoms with van der Waals surface area (Å²) >= 11 is 0. The Morgan fingerprint density at radius 2 is 1.93 bits per heavy atom. The van der Waals surface area contributed by atoms with Crippen molar-refractivity contribution in [2.75, 3.05) is 29.4 Å². The minimum atomic E-state index is -4.72. The van der Waals surface area contributed by atoms with Crippen LogP contribution in [-0.4, -0.2) is 53.1 Å². The SMILES string of the molecule is O=C(O)CC1[C@H]2CN(c3cc(C(F)(F)F)nc(N4CCC4C(F)F)n3)C[C@@H]12. The Labute approximate surface area is 151 Å². The maximum Gasteiger partial charge on any atom is 0.433 e. The van der Waals surface area contributed by atoms with Gasteiger partial charge in [-0.05, 0) is 24.2 Å². The average Bonchev–Trinajstić information content (AvgIpc) is 2.96. The van der Waals surface area contributed by atoms with Crippen LogP contribution in [0.5, 0.6) is 0 Å². The van der Waals surface area contributed by atoms with Crippen molar-refractivity contribution in [1.29, 1.82) is 0 Å². The number of hydrogen-bond acceptors (Lipinski definition) is 5. The standard InChI is InChI=1S/C16H17F5N4O2/c17-14(18)10-1-2-25(10)15-22-11(16(19,20)21)4-12(23-15)24-5-8-7(3-13(26)27)9(8)6-24/h4,7-10,14H,1-3,5-6H2,(H,26,27)/t7?,8-,9+,10?. The molecule has 1 aliphatic carbocycles. The van der Waals surface area contributed by atoms with E-state index in [-0.39, 0.29) is 48.9 Å². The number of carbonyl (C=O) groups is 1. The van der Waals surface area contributed by atoms with E-state index in [4.69, 9.17) is 5.11 Å². The van der Waals surface area contributed by atoms with Crippen LogP contribution in [0, 0.1) is 17.8 Å². The van der Waals surface area contributed by atoms with Crippen molar-refractivity contribution >= 4 is 17.7 Å². The molecule has 0 spiro atoms. The molecule has 3 heterocycles. The summed E-state index contributed by atoms with van der Waals surface area (Å²) in [6.45, 7) is 1.00. The van der Waals surface area contributed by atoms with Gasteiger partial charge in [0, 0.05) is 32.1 Å². The highest BCUT2D eigenvalue weighted by Crippen LogP contribution is 2.54. The molecule has 4 rings (SSSR count). The molecule has 3 aliphatic rings. The van der Waals surface area contributed by atoms with E-state index in [9.17, 15) is 26.7 Å². The van der Waals surface area contributed by atoms with E-state index in [1.165, 1.54) is 0 Å². The largest absolute Gasteiger partial charge is 0.481 e. The lowest BCUT2D eigenvalue weighted by Crippen LogP contribution is -2.53. The molecule has 1 aromatic rings. The molecule has 1 aromatic heterocycles. The van der Waals surface area contributed by atoms with Gasteiger partial charge in [-0.2, -0.15) is 18.2 Å². The molecule has 1 saturated carbocycles. The zero-order chi connectivity index (χ0) is 19.5. The summed E-state index contributed by atoms with van der Waals surface area (Å²) in [5.41, 5.74) is -1.16. The third-order valence-electron chi connectivity index (χ3n) is 5.71. The number of fused-ring (bicyclic) bond motifs is 1. The van der Waals surface area contributed by atoms with E-state index in [2.05, 4.69) is 9.97 Å². The lowest BCUT2D eigenvalue weighted by Gasteiger charge is -2.40. The smallest absolute Gasteiger partial charge is 0.433 e. The predicted octanol–water partition coefficient (Wildman–Crippen LogP) is 2.50.